The third-order valence-corrected chi connectivity index (χ3v) is 1.19. The molecule has 0 aromatic carbocycles. The van der Waals surface area contributed by atoms with Gasteiger partial charge in [0.1, 0.15) is 0 Å². The molecule has 2 nitrogen and oxygen atoms in total. The fourth-order valence-corrected chi connectivity index (χ4v) is 0.626. The van der Waals surface area contributed by atoms with Gasteiger partial charge in [-0.25, -0.2) is 0 Å². The lowest BCUT2D eigenvalue weighted by Crippen LogP contribution is -1.84. The summed E-state index contributed by atoms with van der Waals surface area (Å²) in [6.45, 7) is 10.7. The Labute approximate surface area is 66.5 Å². The van der Waals surface area contributed by atoms with E-state index in [0.717, 1.165) is 5.57 Å². The normalized spacial score (nSPS) is 9.09. The van der Waals surface area contributed by atoms with Crippen LogP contribution in [0.1, 0.15) is 0 Å². The monoisotopic (exact) mass is 149 g/mol. The third kappa shape index (κ3) is 2.67. The summed E-state index contributed by atoms with van der Waals surface area (Å²) in [6, 6.07) is 0. The Balaban J connectivity index is 4.90. The predicted molar refractivity (Wildman–Crippen MR) is 47.9 cm³/mol. The molecule has 0 saturated carbocycles. The highest BCUT2D eigenvalue weighted by Crippen LogP contribution is 2.05. The summed E-state index contributed by atoms with van der Waals surface area (Å²) in [5.74, 6) is 0. The van der Waals surface area contributed by atoms with E-state index in [1.807, 2.05) is 0 Å². The SMILES string of the molecule is C=CC(C=C)=C(C=C)/C=N/O. The van der Waals surface area contributed by atoms with Gasteiger partial charge in [0.25, 0.3) is 0 Å². The minimum absolute atomic E-state index is 0.692. The van der Waals surface area contributed by atoms with Crippen molar-refractivity contribution < 1.29 is 5.21 Å². The van der Waals surface area contributed by atoms with Crippen molar-refractivity contribution in [1.82, 2.24) is 0 Å². The van der Waals surface area contributed by atoms with E-state index < -0.39 is 0 Å². The minimum Gasteiger partial charge on any atom is -0.411 e. The van der Waals surface area contributed by atoms with Crippen LogP contribution in [0.2, 0.25) is 0 Å². The summed E-state index contributed by atoms with van der Waals surface area (Å²) >= 11 is 0. The second kappa shape index (κ2) is 5.23. The molecule has 0 aliphatic heterocycles. The van der Waals surface area contributed by atoms with Crippen molar-refractivity contribution in [2.24, 2.45) is 5.16 Å². The van der Waals surface area contributed by atoms with Gasteiger partial charge in [-0.05, 0) is 5.57 Å². The molecule has 0 saturated heterocycles. The first kappa shape index (κ1) is 9.43. The number of allylic oxidation sites excluding steroid dienone is 5. The molecule has 0 aliphatic carbocycles. The molecule has 0 bridgehead atoms. The molecule has 0 aromatic rings. The standard InChI is InChI=1S/C9H11NO/c1-4-8(5-2)9(6-3)7-10-11/h4-7,11H,1-3H2/b10-7+. The van der Waals surface area contributed by atoms with Gasteiger partial charge in [-0.1, -0.05) is 43.1 Å². The summed E-state index contributed by atoms with van der Waals surface area (Å²) in [5.41, 5.74) is 1.48. The van der Waals surface area contributed by atoms with Gasteiger partial charge < -0.3 is 5.21 Å². The number of oxime groups is 1. The lowest BCUT2D eigenvalue weighted by molar-refractivity contribution is 0.322. The van der Waals surface area contributed by atoms with E-state index in [0.29, 0.717) is 5.57 Å². The van der Waals surface area contributed by atoms with E-state index >= 15 is 0 Å². The van der Waals surface area contributed by atoms with Gasteiger partial charge in [-0.3, -0.25) is 0 Å². The lowest BCUT2D eigenvalue weighted by atomic mass is 10.1. The molecule has 0 aliphatic rings. The first-order valence-corrected chi connectivity index (χ1v) is 3.09. The van der Waals surface area contributed by atoms with Crippen molar-refractivity contribution in [3.63, 3.8) is 0 Å². The van der Waals surface area contributed by atoms with Crippen LogP contribution in [-0.2, 0) is 0 Å². The molecule has 0 spiro atoms. The average Bonchev–Trinajstić information content (AvgIpc) is 2.05. The zero-order valence-corrected chi connectivity index (χ0v) is 6.33. The van der Waals surface area contributed by atoms with E-state index in [-0.39, 0.29) is 0 Å². The molecule has 0 unspecified atom stereocenters. The van der Waals surface area contributed by atoms with E-state index in [1.54, 1.807) is 18.2 Å². The van der Waals surface area contributed by atoms with Gasteiger partial charge >= 0.3 is 0 Å². The molecule has 2 heteroatoms. The fourth-order valence-electron chi connectivity index (χ4n) is 0.626. The molecule has 0 atom stereocenters. The molecule has 0 rings (SSSR count). The molecule has 0 radical (unpaired) electrons. The van der Waals surface area contributed by atoms with Crippen LogP contribution < -0.4 is 0 Å². The topological polar surface area (TPSA) is 32.6 Å². The van der Waals surface area contributed by atoms with Gasteiger partial charge in [0.05, 0.1) is 6.21 Å². The van der Waals surface area contributed by atoms with Crippen LogP contribution in [0.15, 0.2) is 54.3 Å². The molecular formula is C9H11NO. The molecule has 0 fully saturated rings. The van der Waals surface area contributed by atoms with Crippen LogP contribution in [0.4, 0.5) is 0 Å². The summed E-state index contributed by atoms with van der Waals surface area (Å²) in [6.07, 6.45) is 6.08. The van der Waals surface area contributed by atoms with Crippen molar-refractivity contribution in [1.29, 1.82) is 0 Å². The number of hydrogen-bond donors (Lipinski definition) is 1. The Morgan fingerprint density at radius 2 is 1.45 bits per heavy atom. The molecule has 0 heterocycles. The van der Waals surface area contributed by atoms with Gasteiger partial charge in [0, 0.05) is 5.57 Å². The van der Waals surface area contributed by atoms with Gasteiger partial charge in [-0.2, -0.15) is 0 Å². The smallest absolute Gasteiger partial charge is 0.0739 e. The second-order valence-electron chi connectivity index (χ2n) is 1.77. The first-order valence-electron chi connectivity index (χ1n) is 3.09. The van der Waals surface area contributed by atoms with Crippen LogP contribution in [0.3, 0.4) is 0 Å². The van der Waals surface area contributed by atoms with Gasteiger partial charge in [0.15, 0.2) is 0 Å². The predicted octanol–water partition coefficient (Wildman–Crippen LogP) is 2.30. The van der Waals surface area contributed by atoms with E-state index in [2.05, 4.69) is 24.9 Å². The van der Waals surface area contributed by atoms with Crippen molar-refractivity contribution in [2.75, 3.05) is 0 Å². The summed E-state index contributed by atoms with van der Waals surface area (Å²) in [5, 5.41) is 11.1. The number of hydrogen-bond acceptors (Lipinski definition) is 2. The van der Waals surface area contributed by atoms with Crippen molar-refractivity contribution in [2.45, 2.75) is 0 Å². The van der Waals surface area contributed by atoms with Crippen molar-refractivity contribution in [3.05, 3.63) is 49.1 Å². The Morgan fingerprint density at radius 1 is 1.00 bits per heavy atom. The quantitative estimate of drug-likeness (QED) is 0.283. The summed E-state index contributed by atoms with van der Waals surface area (Å²) in [4.78, 5) is 0. The maximum absolute atomic E-state index is 8.23. The number of nitrogens with zero attached hydrogens (tertiary/aromatic N) is 1. The zero-order chi connectivity index (χ0) is 8.69. The maximum Gasteiger partial charge on any atom is 0.0739 e. The lowest BCUT2D eigenvalue weighted by Gasteiger charge is -1.95. The average molecular weight is 149 g/mol. The van der Waals surface area contributed by atoms with Gasteiger partial charge in [0.2, 0.25) is 0 Å². The molecule has 0 aromatic heterocycles. The molecule has 1 N–H and O–H groups in total. The van der Waals surface area contributed by atoms with Crippen LogP contribution in [0.25, 0.3) is 0 Å². The molecular weight excluding hydrogens is 138 g/mol. The Morgan fingerprint density at radius 3 is 1.73 bits per heavy atom. The Bertz CT molecular complexity index is 214. The second-order valence-corrected chi connectivity index (χ2v) is 1.77. The van der Waals surface area contributed by atoms with Gasteiger partial charge in [-0.15, -0.1) is 0 Å². The molecule has 11 heavy (non-hydrogen) atoms. The maximum atomic E-state index is 8.23. The first-order chi connectivity index (χ1) is 5.29. The summed E-state index contributed by atoms with van der Waals surface area (Å²) in [7, 11) is 0. The van der Waals surface area contributed by atoms with E-state index in [1.165, 1.54) is 6.21 Å². The van der Waals surface area contributed by atoms with Crippen LogP contribution in [0.5, 0.6) is 0 Å². The van der Waals surface area contributed by atoms with E-state index in [4.69, 9.17) is 5.21 Å². The highest BCUT2D eigenvalue weighted by Gasteiger charge is 1.91. The highest BCUT2D eigenvalue weighted by atomic mass is 16.4. The molecule has 58 valence electrons. The van der Waals surface area contributed by atoms with Crippen LogP contribution in [-0.4, -0.2) is 11.4 Å². The fraction of sp³-hybridized carbons (Fsp3) is 0. The highest BCUT2D eigenvalue weighted by molar-refractivity contribution is 5.84. The zero-order valence-electron chi connectivity index (χ0n) is 6.33. The van der Waals surface area contributed by atoms with Crippen molar-refractivity contribution in [3.8, 4) is 0 Å². The third-order valence-electron chi connectivity index (χ3n) is 1.19. The van der Waals surface area contributed by atoms with Crippen molar-refractivity contribution >= 4 is 6.21 Å². The van der Waals surface area contributed by atoms with E-state index in [9.17, 15) is 0 Å². The largest absolute Gasteiger partial charge is 0.411 e. The Kier molecular flexibility index (Phi) is 4.49. The van der Waals surface area contributed by atoms with Crippen LogP contribution >= 0.6 is 0 Å². The Hall–Kier alpha value is -1.57. The molecule has 0 amide bonds. The summed E-state index contributed by atoms with van der Waals surface area (Å²) < 4.78 is 0. The number of rotatable bonds is 4. The van der Waals surface area contributed by atoms with Crippen LogP contribution in [0, 0.1) is 0 Å². The minimum atomic E-state index is 0.692.